The second kappa shape index (κ2) is 8.85. The van der Waals surface area contributed by atoms with E-state index < -0.39 is 6.10 Å². The summed E-state index contributed by atoms with van der Waals surface area (Å²) in [5.74, 6) is 1.56. The van der Waals surface area contributed by atoms with Gasteiger partial charge in [-0.15, -0.1) is 0 Å². The number of piperidine rings is 1. The third-order valence-corrected chi connectivity index (χ3v) is 7.15. The number of carbonyl (C=O) groups excluding carboxylic acids is 2. The molecule has 2 aliphatic heterocycles. The summed E-state index contributed by atoms with van der Waals surface area (Å²) in [5.41, 5.74) is 1.38. The van der Waals surface area contributed by atoms with Gasteiger partial charge in [-0.1, -0.05) is 42.5 Å². The summed E-state index contributed by atoms with van der Waals surface area (Å²) in [6.45, 7) is 2.31. The van der Waals surface area contributed by atoms with E-state index in [4.69, 9.17) is 9.47 Å². The predicted molar refractivity (Wildman–Crippen MR) is 120 cm³/mol. The van der Waals surface area contributed by atoms with Crippen LogP contribution < -0.4 is 14.8 Å². The smallest absolute Gasteiger partial charge is 0.267 e. The molecule has 2 fully saturated rings. The first-order chi connectivity index (χ1) is 15.6. The van der Waals surface area contributed by atoms with Crippen LogP contribution in [0.5, 0.6) is 11.5 Å². The van der Waals surface area contributed by atoms with Gasteiger partial charge in [0, 0.05) is 25.6 Å². The van der Waals surface area contributed by atoms with Crippen molar-refractivity contribution in [1.29, 1.82) is 0 Å². The van der Waals surface area contributed by atoms with Crippen molar-refractivity contribution in [2.45, 2.75) is 38.2 Å². The fourth-order valence-electron chi connectivity index (χ4n) is 5.06. The molecule has 2 aromatic carbocycles. The third kappa shape index (κ3) is 4.31. The third-order valence-electron chi connectivity index (χ3n) is 7.15. The topological polar surface area (TPSA) is 67.9 Å². The lowest BCUT2D eigenvalue weighted by molar-refractivity contribution is -0.142. The van der Waals surface area contributed by atoms with Gasteiger partial charge in [0.2, 0.25) is 12.0 Å². The number of hydrogen-bond donors (Lipinski definition) is 1. The van der Waals surface area contributed by atoms with Crippen LogP contribution in [0.2, 0.25) is 0 Å². The molecule has 3 aliphatic rings. The molecular formula is C26H30N2O4. The highest BCUT2D eigenvalue weighted by Gasteiger charge is 2.58. The number of amides is 2. The molecule has 0 unspecified atom stereocenters. The van der Waals surface area contributed by atoms with Gasteiger partial charge in [-0.2, -0.15) is 0 Å². The van der Waals surface area contributed by atoms with Crippen LogP contribution in [-0.4, -0.2) is 49.1 Å². The number of para-hydroxylation sites is 2. The van der Waals surface area contributed by atoms with E-state index in [0.717, 1.165) is 32.1 Å². The largest absolute Gasteiger partial charge is 0.485 e. The first-order valence-electron chi connectivity index (χ1n) is 11.6. The highest BCUT2D eigenvalue weighted by atomic mass is 16.6. The van der Waals surface area contributed by atoms with Crippen molar-refractivity contribution in [3.8, 4) is 11.5 Å². The number of benzene rings is 2. The Morgan fingerprint density at radius 3 is 2.50 bits per heavy atom. The van der Waals surface area contributed by atoms with Gasteiger partial charge in [-0.25, -0.2) is 0 Å². The minimum atomic E-state index is -0.595. The SMILES string of the molecule is O=C(NCCCc1ccccc1)[C@H]1CC12CCN(C(=O)[C@H]1COc3ccccc3O1)CC2. The van der Waals surface area contributed by atoms with E-state index in [0.29, 0.717) is 31.1 Å². The summed E-state index contributed by atoms with van der Waals surface area (Å²) in [4.78, 5) is 27.5. The molecule has 2 amide bonds. The number of nitrogens with zero attached hydrogens (tertiary/aromatic N) is 1. The molecule has 6 heteroatoms. The number of aryl methyl sites for hydroxylation is 1. The van der Waals surface area contributed by atoms with Crippen LogP contribution in [0.15, 0.2) is 54.6 Å². The van der Waals surface area contributed by atoms with Crippen LogP contribution in [-0.2, 0) is 16.0 Å². The monoisotopic (exact) mass is 434 g/mol. The average Bonchev–Trinajstić information content (AvgIpc) is 3.55. The maximum absolute atomic E-state index is 12.9. The van der Waals surface area contributed by atoms with E-state index in [-0.39, 0.29) is 29.8 Å². The van der Waals surface area contributed by atoms with Gasteiger partial charge in [0.15, 0.2) is 11.5 Å². The number of ether oxygens (including phenoxy) is 2. The zero-order valence-corrected chi connectivity index (χ0v) is 18.3. The number of hydrogen-bond acceptors (Lipinski definition) is 4. The van der Waals surface area contributed by atoms with Crippen LogP contribution in [0.1, 0.15) is 31.2 Å². The molecule has 1 saturated heterocycles. The van der Waals surface area contributed by atoms with E-state index in [1.54, 1.807) is 0 Å². The Hall–Kier alpha value is -3.02. The van der Waals surface area contributed by atoms with Crippen LogP contribution in [0.4, 0.5) is 0 Å². The summed E-state index contributed by atoms with van der Waals surface area (Å²) in [6.07, 6.45) is 4.03. The van der Waals surface area contributed by atoms with Crippen molar-refractivity contribution in [1.82, 2.24) is 10.2 Å². The van der Waals surface area contributed by atoms with Crippen molar-refractivity contribution in [3.05, 3.63) is 60.2 Å². The second-order valence-electron chi connectivity index (χ2n) is 9.19. The second-order valence-corrected chi connectivity index (χ2v) is 9.19. The van der Waals surface area contributed by atoms with E-state index in [9.17, 15) is 9.59 Å². The Bertz CT molecular complexity index is 969. The van der Waals surface area contributed by atoms with Crippen LogP contribution in [0, 0.1) is 11.3 Å². The van der Waals surface area contributed by atoms with Crippen molar-refractivity contribution in [2.75, 3.05) is 26.2 Å². The molecule has 2 atom stereocenters. The zero-order chi connectivity index (χ0) is 22.0. The average molecular weight is 435 g/mol. The molecule has 168 valence electrons. The van der Waals surface area contributed by atoms with Crippen LogP contribution in [0.25, 0.3) is 0 Å². The van der Waals surface area contributed by atoms with Gasteiger partial charge in [-0.3, -0.25) is 9.59 Å². The Kier molecular flexibility index (Phi) is 5.77. The molecule has 6 nitrogen and oxygen atoms in total. The highest BCUT2D eigenvalue weighted by molar-refractivity contribution is 5.84. The summed E-state index contributed by atoms with van der Waals surface area (Å²) < 4.78 is 11.6. The Morgan fingerprint density at radius 1 is 1.00 bits per heavy atom. The van der Waals surface area contributed by atoms with Crippen molar-refractivity contribution in [3.63, 3.8) is 0 Å². The molecule has 2 heterocycles. The summed E-state index contributed by atoms with van der Waals surface area (Å²) in [6, 6.07) is 17.8. The quantitative estimate of drug-likeness (QED) is 0.709. The maximum atomic E-state index is 12.9. The van der Waals surface area contributed by atoms with Crippen LogP contribution >= 0.6 is 0 Å². The molecule has 0 aromatic heterocycles. The van der Waals surface area contributed by atoms with E-state index in [2.05, 4.69) is 17.4 Å². The summed E-state index contributed by atoms with van der Waals surface area (Å²) >= 11 is 0. The lowest BCUT2D eigenvalue weighted by atomic mass is 9.90. The molecule has 0 bridgehead atoms. The number of rotatable bonds is 6. The molecule has 2 aromatic rings. The maximum Gasteiger partial charge on any atom is 0.267 e. The molecule has 32 heavy (non-hydrogen) atoms. The lowest BCUT2D eigenvalue weighted by Crippen LogP contribution is -2.49. The van der Waals surface area contributed by atoms with Gasteiger partial charge in [0.25, 0.3) is 5.91 Å². The standard InChI is InChI=1S/C26H30N2O4/c29-24(27-14-6-9-19-7-2-1-3-8-19)20-17-26(20)12-15-28(16-13-26)25(30)23-18-31-21-10-4-5-11-22(21)32-23/h1-5,7-8,10-11,20,23H,6,9,12-18H2,(H,27,29)/t20-,23-/m1/s1. The molecule has 0 radical (unpaired) electrons. The first-order valence-corrected chi connectivity index (χ1v) is 11.6. The predicted octanol–water partition coefficient (Wildman–Crippen LogP) is 3.20. The van der Waals surface area contributed by atoms with Crippen molar-refractivity contribution >= 4 is 11.8 Å². The fraction of sp³-hybridized carbons (Fsp3) is 0.462. The Morgan fingerprint density at radius 2 is 1.72 bits per heavy atom. The zero-order valence-electron chi connectivity index (χ0n) is 18.3. The minimum Gasteiger partial charge on any atom is -0.485 e. The Balaban J connectivity index is 1.05. The molecule has 1 spiro atoms. The van der Waals surface area contributed by atoms with Crippen molar-refractivity contribution < 1.29 is 19.1 Å². The highest BCUT2D eigenvalue weighted by Crippen LogP contribution is 2.59. The number of nitrogens with one attached hydrogen (secondary N) is 1. The molecule has 1 N–H and O–H groups in total. The Labute approximate surface area is 188 Å². The van der Waals surface area contributed by atoms with E-state index in [1.807, 2.05) is 47.4 Å². The number of carbonyl (C=O) groups is 2. The lowest BCUT2D eigenvalue weighted by Gasteiger charge is -2.36. The van der Waals surface area contributed by atoms with Gasteiger partial charge < -0.3 is 19.7 Å². The van der Waals surface area contributed by atoms with Crippen LogP contribution in [0.3, 0.4) is 0 Å². The molecule has 5 rings (SSSR count). The van der Waals surface area contributed by atoms with Gasteiger partial charge in [0.05, 0.1) is 0 Å². The van der Waals surface area contributed by atoms with Crippen molar-refractivity contribution in [2.24, 2.45) is 11.3 Å². The first kappa shape index (κ1) is 20.9. The normalized spacial score (nSPS) is 22.9. The number of fused-ring (bicyclic) bond motifs is 1. The van der Waals surface area contributed by atoms with Gasteiger partial charge in [0.1, 0.15) is 6.61 Å². The van der Waals surface area contributed by atoms with Gasteiger partial charge >= 0.3 is 0 Å². The number of likely N-dealkylation sites (tertiary alicyclic amines) is 1. The minimum absolute atomic E-state index is 0.0167. The molecule has 1 aliphatic carbocycles. The van der Waals surface area contributed by atoms with E-state index >= 15 is 0 Å². The molecule has 1 saturated carbocycles. The molecular weight excluding hydrogens is 404 g/mol. The summed E-state index contributed by atoms with van der Waals surface area (Å²) in [7, 11) is 0. The fourth-order valence-corrected chi connectivity index (χ4v) is 5.06. The summed E-state index contributed by atoms with van der Waals surface area (Å²) in [5, 5.41) is 3.13. The van der Waals surface area contributed by atoms with Gasteiger partial charge in [-0.05, 0) is 55.2 Å². The van der Waals surface area contributed by atoms with E-state index in [1.165, 1.54) is 5.56 Å².